The lowest BCUT2D eigenvalue weighted by molar-refractivity contribution is -0.129. The molecule has 0 aliphatic carbocycles. The predicted octanol–water partition coefficient (Wildman–Crippen LogP) is -0.0307. The van der Waals surface area contributed by atoms with Crippen LogP contribution in [0.15, 0.2) is 0 Å². The van der Waals surface area contributed by atoms with Crippen LogP contribution in [0, 0.1) is 0 Å². The first-order chi connectivity index (χ1) is 6.79. The average molecular weight is 200 g/mol. The molecule has 0 saturated carbocycles. The summed E-state index contributed by atoms with van der Waals surface area (Å²) < 4.78 is 0. The molecule has 0 radical (unpaired) electrons. The lowest BCUT2D eigenvalue weighted by atomic mass is 10.2. The van der Waals surface area contributed by atoms with Gasteiger partial charge < -0.3 is 15.3 Å². The first-order valence-electron chi connectivity index (χ1n) is 5.36. The van der Waals surface area contributed by atoms with E-state index in [0.29, 0.717) is 0 Å². The number of hydrogen-bond acceptors (Lipinski definition) is 3. The third-order valence-electron chi connectivity index (χ3n) is 2.73. The van der Waals surface area contributed by atoms with E-state index in [-0.39, 0.29) is 18.6 Å². The second-order valence-corrected chi connectivity index (χ2v) is 3.74. The SMILES string of the molecule is CNC1CCN(CCCCCO)C1=O. The summed E-state index contributed by atoms with van der Waals surface area (Å²) in [6.07, 6.45) is 3.78. The molecule has 0 bridgehead atoms. The number of nitrogens with zero attached hydrogens (tertiary/aromatic N) is 1. The smallest absolute Gasteiger partial charge is 0.239 e. The lowest BCUT2D eigenvalue weighted by Gasteiger charge is -2.16. The highest BCUT2D eigenvalue weighted by Crippen LogP contribution is 2.11. The van der Waals surface area contributed by atoms with Crippen LogP contribution in [0.1, 0.15) is 25.7 Å². The maximum absolute atomic E-state index is 11.6. The predicted molar refractivity (Wildman–Crippen MR) is 55.0 cm³/mol. The molecular weight excluding hydrogens is 180 g/mol. The quantitative estimate of drug-likeness (QED) is 0.592. The minimum atomic E-state index is 0.0350. The molecule has 14 heavy (non-hydrogen) atoms. The Morgan fingerprint density at radius 2 is 2.29 bits per heavy atom. The van der Waals surface area contributed by atoms with E-state index in [1.54, 1.807) is 0 Å². The van der Waals surface area contributed by atoms with Crippen molar-refractivity contribution in [3.8, 4) is 0 Å². The van der Waals surface area contributed by atoms with Gasteiger partial charge in [0.1, 0.15) is 0 Å². The third-order valence-corrected chi connectivity index (χ3v) is 2.73. The fourth-order valence-electron chi connectivity index (χ4n) is 1.82. The summed E-state index contributed by atoms with van der Waals surface area (Å²) in [6, 6.07) is 0.0350. The van der Waals surface area contributed by atoms with Crippen molar-refractivity contribution in [1.29, 1.82) is 0 Å². The highest BCUT2D eigenvalue weighted by Gasteiger charge is 2.29. The zero-order valence-electron chi connectivity index (χ0n) is 8.83. The Morgan fingerprint density at radius 3 is 2.86 bits per heavy atom. The van der Waals surface area contributed by atoms with Crippen molar-refractivity contribution < 1.29 is 9.90 Å². The molecule has 1 saturated heterocycles. The van der Waals surface area contributed by atoms with Crippen molar-refractivity contribution in [2.75, 3.05) is 26.7 Å². The molecule has 0 spiro atoms. The van der Waals surface area contributed by atoms with Crippen molar-refractivity contribution in [2.24, 2.45) is 0 Å². The van der Waals surface area contributed by atoms with Gasteiger partial charge in [-0.25, -0.2) is 0 Å². The number of rotatable bonds is 6. The molecule has 1 aliphatic rings. The van der Waals surface area contributed by atoms with Gasteiger partial charge in [0.25, 0.3) is 0 Å². The van der Waals surface area contributed by atoms with Crippen LogP contribution in [0.2, 0.25) is 0 Å². The molecule has 1 fully saturated rings. The summed E-state index contributed by atoms with van der Waals surface area (Å²) in [5.74, 6) is 0.233. The monoisotopic (exact) mass is 200 g/mol. The molecule has 0 aromatic carbocycles. The van der Waals surface area contributed by atoms with Gasteiger partial charge in [-0.15, -0.1) is 0 Å². The summed E-state index contributed by atoms with van der Waals surface area (Å²) in [5.41, 5.74) is 0. The number of likely N-dealkylation sites (tertiary alicyclic amines) is 1. The molecule has 4 heteroatoms. The largest absolute Gasteiger partial charge is 0.396 e. The fourth-order valence-corrected chi connectivity index (χ4v) is 1.82. The van der Waals surface area contributed by atoms with Gasteiger partial charge >= 0.3 is 0 Å². The Morgan fingerprint density at radius 1 is 1.50 bits per heavy atom. The molecule has 1 heterocycles. The van der Waals surface area contributed by atoms with Crippen molar-refractivity contribution in [2.45, 2.75) is 31.7 Å². The Bertz CT molecular complexity index is 185. The van der Waals surface area contributed by atoms with E-state index in [0.717, 1.165) is 38.8 Å². The van der Waals surface area contributed by atoms with Gasteiger partial charge in [0, 0.05) is 19.7 Å². The maximum atomic E-state index is 11.6. The molecule has 4 nitrogen and oxygen atoms in total. The van der Waals surface area contributed by atoms with E-state index in [2.05, 4.69) is 5.32 Å². The van der Waals surface area contributed by atoms with Gasteiger partial charge in [-0.3, -0.25) is 4.79 Å². The Labute approximate surface area is 85.3 Å². The van der Waals surface area contributed by atoms with Crippen molar-refractivity contribution in [1.82, 2.24) is 10.2 Å². The number of likely N-dealkylation sites (N-methyl/N-ethyl adjacent to an activating group) is 1. The first-order valence-corrected chi connectivity index (χ1v) is 5.36. The van der Waals surface area contributed by atoms with E-state index in [4.69, 9.17) is 5.11 Å². The topological polar surface area (TPSA) is 52.6 Å². The van der Waals surface area contributed by atoms with E-state index in [9.17, 15) is 4.79 Å². The molecule has 2 N–H and O–H groups in total. The molecule has 1 aliphatic heterocycles. The minimum Gasteiger partial charge on any atom is -0.396 e. The summed E-state index contributed by atoms with van der Waals surface area (Å²) in [7, 11) is 1.83. The van der Waals surface area contributed by atoms with E-state index >= 15 is 0 Å². The molecule has 1 atom stereocenters. The number of aliphatic hydroxyl groups is 1. The number of carbonyl (C=O) groups excluding carboxylic acids is 1. The number of unbranched alkanes of at least 4 members (excludes halogenated alkanes) is 2. The van der Waals surface area contributed by atoms with Gasteiger partial charge in [0.15, 0.2) is 0 Å². The van der Waals surface area contributed by atoms with Gasteiger partial charge in [0.2, 0.25) is 5.91 Å². The molecule has 0 aromatic heterocycles. The normalized spacial score (nSPS) is 22.0. The maximum Gasteiger partial charge on any atom is 0.239 e. The van der Waals surface area contributed by atoms with Crippen LogP contribution in [-0.4, -0.2) is 48.7 Å². The summed E-state index contributed by atoms with van der Waals surface area (Å²) >= 11 is 0. The van der Waals surface area contributed by atoms with Crippen LogP contribution < -0.4 is 5.32 Å². The third kappa shape index (κ3) is 2.96. The average Bonchev–Trinajstić information content (AvgIpc) is 2.55. The fraction of sp³-hybridized carbons (Fsp3) is 0.900. The summed E-state index contributed by atoms with van der Waals surface area (Å²) in [5, 5.41) is 11.6. The Balaban J connectivity index is 2.16. The molecule has 1 unspecified atom stereocenters. The Kier molecular flexibility index (Phi) is 4.90. The Hall–Kier alpha value is -0.610. The molecule has 1 amide bonds. The van der Waals surface area contributed by atoms with Crippen molar-refractivity contribution >= 4 is 5.91 Å². The zero-order chi connectivity index (χ0) is 10.4. The van der Waals surface area contributed by atoms with E-state index < -0.39 is 0 Å². The molecular formula is C10H20N2O2. The van der Waals surface area contributed by atoms with Gasteiger partial charge in [-0.1, -0.05) is 0 Å². The number of carbonyl (C=O) groups is 1. The summed E-state index contributed by atoms with van der Waals surface area (Å²) in [4.78, 5) is 13.5. The lowest BCUT2D eigenvalue weighted by Crippen LogP contribution is -2.36. The van der Waals surface area contributed by atoms with Gasteiger partial charge in [-0.2, -0.15) is 0 Å². The van der Waals surface area contributed by atoms with Crippen molar-refractivity contribution in [3.63, 3.8) is 0 Å². The van der Waals surface area contributed by atoms with Gasteiger partial charge in [-0.05, 0) is 32.7 Å². The van der Waals surface area contributed by atoms with Crippen LogP contribution >= 0.6 is 0 Å². The van der Waals surface area contributed by atoms with Crippen LogP contribution in [0.5, 0.6) is 0 Å². The van der Waals surface area contributed by atoms with Crippen LogP contribution in [0.3, 0.4) is 0 Å². The highest BCUT2D eigenvalue weighted by molar-refractivity contribution is 5.83. The van der Waals surface area contributed by atoms with Crippen molar-refractivity contribution in [3.05, 3.63) is 0 Å². The van der Waals surface area contributed by atoms with Crippen LogP contribution in [0.4, 0.5) is 0 Å². The van der Waals surface area contributed by atoms with E-state index in [1.807, 2.05) is 11.9 Å². The second kappa shape index (κ2) is 5.98. The molecule has 1 rings (SSSR count). The standard InChI is InChI=1S/C10H20N2O2/c1-11-9-5-7-12(10(9)14)6-3-2-4-8-13/h9,11,13H,2-8H2,1H3. The molecule has 0 aromatic rings. The molecule has 82 valence electrons. The zero-order valence-corrected chi connectivity index (χ0v) is 8.83. The van der Waals surface area contributed by atoms with Crippen LogP contribution in [-0.2, 0) is 4.79 Å². The second-order valence-electron chi connectivity index (χ2n) is 3.74. The van der Waals surface area contributed by atoms with Crippen LogP contribution in [0.25, 0.3) is 0 Å². The number of hydrogen-bond donors (Lipinski definition) is 2. The van der Waals surface area contributed by atoms with Gasteiger partial charge in [0.05, 0.1) is 6.04 Å². The number of nitrogens with one attached hydrogen (secondary N) is 1. The first kappa shape index (κ1) is 11.5. The minimum absolute atomic E-state index is 0.0350. The highest BCUT2D eigenvalue weighted by atomic mass is 16.2. The van der Waals surface area contributed by atoms with E-state index in [1.165, 1.54) is 0 Å². The number of aliphatic hydroxyl groups excluding tert-OH is 1. The number of amides is 1. The summed E-state index contributed by atoms with van der Waals surface area (Å²) in [6.45, 7) is 1.98.